The standard InChI is InChI=1S/C25H25F3N8O/c1-15-16(12-23(37)30-15)11-17-14-29-36-22(31-18-5-6-18)13-21(33-24(17)36)35-9-7-34(8-10-35)20-4-2-3-19(32-20)25(26,27)28/h2-4,11,13-14,18,31H,1,5-10,12H2,(H,30,37)/b16-11+. The summed E-state index contributed by atoms with van der Waals surface area (Å²) in [4.78, 5) is 24.5. The van der Waals surface area contributed by atoms with Crippen LogP contribution >= 0.6 is 0 Å². The molecule has 0 atom stereocenters. The van der Waals surface area contributed by atoms with E-state index >= 15 is 0 Å². The number of anilines is 3. The van der Waals surface area contributed by atoms with E-state index in [1.807, 2.05) is 17.0 Å². The molecule has 5 heterocycles. The molecule has 0 unspecified atom stereocenters. The zero-order valence-corrected chi connectivity index (χ0v) is 19.9. The molecule has 0 bridgehead atoms. The summed E-state index contributed by atoms with van der Waals surface area (Å²) in [6.45, 7) is 6.08. The van der Waals surface area contributed by atoms with E-state index in [-0.39, 0.29) is 12.3 Å². The number of nitrogens with zero attached hydrogens (tertiary/aromatic N) is 6. The molecular weight excluding hydrogens is 485 g/mol. The molecular formula is C25H25F3N8O. The predicted molar refractivity (Wildman–Crippen MR) is 133 cm³/mol. The van der Waals surface area contributed by atoms with Crippen LogP contribution in [0.25, 0.3) is 11.7 Å². The number of piperazine rings is 1. The third-order valence-electron chi connectivity index (χ3n) is 6.73. The number of carbonyl (C=O) groups excluding carboxylic acids is 1. The van der Waals surface area contributed by atoms with Crippen molar-refractivity contribution in [1.82, 2.24) is 24.9 Å². The maximum absolute atomic E-state index is 13.1. The number of alkyl halides is 3. The second-order valence-electron chi connectivity index (χ2n) is 9.48. The highest BCUT2D eigenvalue weighted by Crippen LogP contribution is 2.31. The SMILES string of the molecule is C=C1NC(=O)C/C1=C\c1cnn2c(NC3CC3)cc(N3CCN(c4cccc(C(F)(F)F)n4)CC3)nc12. The Kier molecular flexibility index (Phi) is 5.54. The Labute approximate surface area is 210 Å². The highest BCUT2D eigenvalue weighted by Gasteiger charge is 2.33. The minimum atomic E-state index is -4.48. The van der Waals surface area contributed by atoms with Crippen LogP contribution in [0.4, 0.5) is 30.6 Å². The number of carbonyl (C=O) groups is 1. The van der Waals surface area contributed by atoms with Crippen molar-refractivity contribution in [2.75, 3.05) is 41.3 Å². The van der Waals surface area contributed by atoms with Crippen LogP contribution in [0.2, 0.25) is 0 Å². The summed E-state index contributed by atoms with van der Waals surface area (Å²) in [7, 11) is 0. The molecule has 0 aromatic carbocycles. The van der Waals surface area contributed by atoms with Gasteiger partial charge in [0, 0.05) is 49.5 Å². The molecule has 192 valence electrons. The lowest BCUT2D eigenvalue weighted by Crippen LogP contribution is -2.47. The lowest BCUT2D eigenvalue weighted by Gasteiger charge is -2.36. The number of hydrogen-bond acceptors (Lipinski definition) is 7. The van der Waals surface area contributed by atoms with Crippen LogP contribution in [0.1, 0.15) is 30.5 Å². The van der Waals surface area contributed by atoms with Crippen LogP contribution in [0.5, 0.6) is 0 Å². The van der Waals surface area contributed by atoms with Gasteiger partial charge >= 0.3 is 6.18 Å². The molecule has 3 aromatic rings. The molecule has 3 fully saturated rings. The third-order valence-corrected chi connectivity index (χ3v) is 6.73. The number of pyridine rings is 1. The van der Waals surface area contributed by atoms with Gasteiger partial charge in [0.1, 0.15) is 23.1 Å². The number of aromatic nitrogens is 4. The van der Waals surface area contributed by atoms with Gasteiger partial charge in [-0.15, -0.1) is 0 Å². The van der Waals surface area contributed by atoms with Gasteiger partial charge in [0.15, 0.2) is 5.65 Å². The average Bonchev–Trinajstić information content (AvgIpc) is 3.51. The van der Waals surface area contributed by atoms with Crippen LogP contribution in [0.15, 0.2) is 48.3 Å². The molecule has 1 amide bonds. The first-order valence-corrected chi connectivity index (χ1v) is 12.1. The van der Waals surface area contributed by atoms with E-state index in [1.165, 1.54) is 6.07 Å². The third kappa shape index (κ3) is 4.70. The highest BCUT2D eigenvalue weighted by molar-refractivity contribution is 5.89. The predicted octanol–water partition coefficient (Wildman–Crippen LogP) is 3.46. The lowest BCUT2D eigenvalue weighted by molar-refractivity contribution is -0.141. The highest BCUT2D eigenvalue weighted by atomic mass is 19.4. The quantitative estimate of drug-likeness (QED) is 0.543. The molecule has 2 N–H and O–H groups in total. The average molecular weight is 511 g/mol. The van der Waals surface area contributed by atoms with E-state index < -0.39 is 11.9 Å². The van der Waals surface area contributed by atoms with Crippen molar-refractivity contribution < 1.29 is 18.0 Å². The second kappa shape index (κ2) is 8.79. The van der Waals surface area contributed by atoms with E-state index in [0.717, 1.165) is 41.7 Å². The summed E-state index contributed by atoms with van der Waals surface area (Å²) in [5.74, 6) is 1.81. The topological polar surface area (TPSA) is 90.7 Å². The largest absolute Gasteiger partial charge is 0.433 e. The molecule has 1 saturated carbocycles. The molecule has 3 aromatic heterocycles. The van der Waals surface area contributed by atoms with Crippen LogP contribution in [-0.4, -0.2) is 57.7 Å². The minimum Gasteiger partial charge on any atom is -0.367 e. The van der Waals surface area contributed by atoms with Gasteiger partial charge < -0.3 is 20.4 Å². The number of rotatable bonds is 5. The summed E-state index contributed by atoms with van der Waals surface area (Å²) >= 11 is 0. The fourth-order valence-corrected chi connectivity index (χ4v) is 4.59. The van der Waals surface area contributed by atoms with Crippen molar-refractivity contribution in [3.63, 3.8) is 0 Å². The molecule has 1 aliphatic carbocycles. The van der Waals surface area contributed by atoms with E-state index in [2.05, 4.69) is 32.2 Å². The Balaban J connectivity index is 1.27. The van der Waals surface area contributed by atoms with Crippen LogP contribution in [0.3, 0.4) is 0 Å². The molecule has 37 heavy (non-hydrogen) atoms. The maximum Gasteiger partial charge on any atom is 0.433 e. The molecule has 2 saturated heterocycles. The zero-order valence-electron chi connectivity index (χ0n) is 19.9. The van der Waals surface area contributed by atoms with Gasteiger partial charge in [-0.1, -0.05) is 12.6 Å². The molecule has 6 rings (SSSR count). The summed E-state index contributed by atoms with van der Waals surface area (Å²) in [6, 6.07) is 6.34. The van der Waals surface area contributed by atoms with Gasteiger partial charge in [-0.25, -0.2) is 9.97 Å². The Morgan fingerprint density at radius 2 is 1.81 bits per heavy atom. The number of amides is 1. The zero-order chi connectivity index (χ0) is 25.7. The first-order chi connectivity index (χ1) is 17.7. The van der Waals surface area contributed by atoms with Gasteiger partial charge in [0.25, 0.3) is 0 Å². The van der Waals surface area contributed by atoms with Crippen molar-refractivity contribution in [3.05, 3.63) is 59.6 Å². The van der Waals surface area contributed by atoms with Crippen molar-refractivity contribution in [2.24, 2.45) is 0 Å². The first-order valence-electron chi connectivity index (χ1n) is 12.1. The van der Waals surface area contributed by atoms with Gasteiger partial charge in [0.2, 0.25) is 5.91 Å². The van der Waals surface area contributed by atoms with Gasteiger partial charge in [-0.3, -0.25) is 4.79 Å². The van der Waals surface area contributed by atoms with E-state index in [1.54, 1.807) is 16.8 Å². The Hall–Kier alpha value is -4.09. The number of hydrogen-bond donors (Lipinski definition) is 2. The van der Waals surface area contributed by atoms with E-state index in [4.69, 9.17) is 4.98 Å². The molecule has 12 heteroatoms. The number of allylic oxidation sites excluding steroid dienone is 1. The summed E-state index contributed by atoms with van der Waals surface area (Å²) in [5.41, 5.74) is 1.92. The van der Waals surface area contributed by atoms with Gasteiger partial charge in [-0.05, 0) is 36.6 Å². The Morgan fingerprint density at radius 1 is 1.08 bits per heavy atom. The van der Waals surface area contributed by atoms with Crippen molar-refractivity contribution in [3.8, 4) is 0 Å². The van der Waals surface area contributed by atoms with Crippen molar-refractivity contribution >= 4 is 35.1 Å². The summed E-state index contributed by atoms with van der Waals surface area (Å²) in [5, 5.41) is 10.8. The van der Waals surface area contributed by atoms with Crippen molar-refractivity contribution in [1.29, 1.82) is 0 Å². The van der Waals surface area contributed by atoms with E-state index in [9.17, 15) is 18.0 Å². The Bertz CT molecular complexity index is 1420. The van der Waals surface area contributed by atoms with Crippen molar-refractivity contribution in [2.45, 2.75) is 31.5 Å². The maximum atomic E-state index is 13.1. The molecule has 0 spiro atoms. The lowest BCUT2D eigenvalue weighted by atomic mass is 10.1. The van der Waals surface area contributed by atoms with Gasteiger partial charge in [-0.2, -0.15) is 22.8 Å². The Morgan fingerprint density at radius 3 is 2.46 bits per heavy atom. The first kappa shape index (κ1) is 23.3. The minimum absolute atomic E-state index is 0.0920. The fourth-order valence-electron chi connectivity index (χ4n) is 4.59. The number of nitrogens with one attached hydrogen (secondary N) is 2. The molecule has 2 aliphatic heterocycles. The number of halogens is 3. The van der Waals surface area contributed by atoms with Crippen LogP contribution in [-0.2, 0) is 11.0 Å². The normalized spacial score (nSPS) is 19.7. The van der Waals surface area contributed by atoms with Crippen LogP contribution < -0.4 is 20.4 Å². The molecule has 9 nitrogen and oxygen atoms in total. The fraction of sp³-hybridized carbons (Fsp3) is 0.360. The second-order valence-corrected chi connectivity index (χ2v) is 9.48. The summed E-state index contributed by atoms with van der Waals surface area (Å²) < 4.78 is 41.1. The number of fused-ring (bicyclic) bond motifs is 1. The molecule has 0 radical (unpaired) electrons. The summed E-state index contributed by atoms with van der Waals surface area (Å²) in [6.07, 6.45) is 1.58. The van der Waals surface area contributed by atoms with Gasteiger partial charge in [0.05, 0.1) is 12.6 Å². The molecule has 3 aliphatic rings. The monoisotopic (exact) mass is 510 g/mol. The van der Waals surface area contributed by atoms with Crippen LogP contribution in [0, 0.1) is 0 Å². The smallest absolute Gasteiger partial charge is 0.367 e. The van der Waals surface area contributed by atoms with E-state index in [0.29, 0.717) is 49.4 Å².